The van der Waals surface area contributed by atoms with Gasteiger partial charge in [-0.05, 0) is 0 Å². The molecule has 6 nitrogen and oxygen atoms in total. The Morgan fingerprint density at radius 2 is 2.00 bits per heavy atom. The van der Waals surface area contributed by atoms with E-state index in [1.807, 2.05) is 0 Å². The van der Waals surface area contributed by atoms with Crippen molar-refractivity contribution in [3.8, 4) is 0 Å². The first-order valence-corrected chi connectivity index (χ1v) is 5.49. The molecule has 0 fully saturated rings. The number of nitro benzene ring substituents is 1. The van der Waals surface area contributed by atoms with Gasteiger partial charge in [-0.3, -0.25) is 10.1 Å². The van der Waals surface area contributed by atoms with E-state index >= 15 is 0 Å². The van der Waals surface area contributed by atoms with Gasteiger partial charge in [0.15, 0.2) is 11.0 Å². The molecule has 92 valence electrons. The zero-order valence-corrected chi connectivity index (χ0v) is 9.96. The van der Waals surface area contributed by atoms with Crippen molar-refractivity contribution in [3.05, 3.63) is 57.5 Å². The fraction of sp³-hybridized carbons (Fsp3) is 0.0909. The van der Waals surface area contributed by atoms with Crippen LogP contribution in [-0.2, 0) is 6.54 Å². The van der Waals surface area contributed by atoms with Gasteiger partial charge < -0.3 is 5.32 Å². The van der Waals surface area contributed by atoms with Gasteiger partial charge in [-0.1, -0.05) is 29.8 Å². The summed E-state index contributed by atoms with van der Waals surface area (Å²) in [5.74, 6) is 0.400. The summed E-state index contributed by atoms with van der Waals surface area (Å²) < 4.78 is 0. The second-order valence-electron chi connectivity index (χ2n) is 3.44. The van der Waals surface area contributed by atoms with Crippen molar-refractivity contribution >= 4 is 23.1 Å². The summed E-state index contributed by atoms with van der Waals surface area (Å²) in [6, 6.07) is 6.49. The Balaban J connectivity index is 2.16. The number of halogens is 1. The van der Waals surface area contributed by atoms with E-state index < -0.39 is 4.92 Å². The van der Waals surface area contributed by atoms with Crippen molar-refractivity contribution < 1.29 is 4.92 Å². The highest BCUT2D eigenvalue weighted by atomic mass is 35.5. The van der Waals surface area contributed by atoms with Crippen molar-refractivity contribution in [2.75, 3.05) is 5.32 Å². The summed E-state index contributed by atoms with van der Waals surface area (Å²) in [5, 5.41) is 14.0. The molecule has 0 bridgehead atoms. The highest BCUT2D eigenvalue weighted by Crippen LogP contribution is 2.20. The van der Waals surface area contributed by atoms with E-state index in [1.54, 1.807) is 18.2 Å². The van der Waals surface area contributed by atoms with Gasteiger partial charge >= 0.3 is 0 Å². The fourth-order valence-electron chi connectivity index (χ4n) is 1.46. The van der Waals surface area contributed by atoms with Crippen LogP contribution in [0.3, 0.4) is 0 Å². The number of nitro groups is 1. The van der Waals surface area contributed by atoms with Gasteiger partial charge in [0.1, 0.15) is 0 Å². The lowest BCUT2D eigenvalue weighted by atomic mass is 10.2. The number of hydrogen-bond acceptors (Lipinski definition) is 5. The summed E-state index contributed by atoms with van der Waals surface area (Å²) >= 11 is 5.82. The third kappa shape index (κ3) is 2.72. The standard InChI is InChI=1S/C11H9ClN4O2/c12-10-11(14-6-5-13-10)15-7-8-3-1-2-4-9(8)16(17)18/h1-6H,7H2,(H,14,15). The lowest BCUT2D eigenvalue weighted by Gasteiger charge is -2.06. The molecule has 2 aromatic rings. The van der Waals surface area contributed by atoms with Gasteiger partial charge in [-0.25, -0.2) is 9.97 Å². The molecule has 7 heteroatoms. The molecule has 0 saturated carbocycles. The molecule has 0 aliphatic carbocycles. The second kappa shape index (κ2) is 5.42. The van der Waals surface area contributed by atoms with Crippen molar-refractivity contribution in [2.45, 2.75) is 6.54 Å². The summed E-state index contributed by atoms with van der Waals surface area (Å²) in [6.45, 7) is 0.259. The molecule has 18 heavy (non-hydrogen) atoms. The van der Waals surface area contributed by atoms with Crippen LogP contribution < -0.4 is 5.32 Å². The second-order valence-corrected chi connectivity index (χ2v) is 3.79. The van der Waals surface area contributed by atoms with Gasteiger partial charge in [0.05, 0.1) is 4.92 Å². The molecule has 0 unspecified atom stereocenters. The van der Waals surface area contributed by atoms with Crippen molar-refractivity contribution in [1.29, 1.82) is 0 Å². The van der Waals surface area contributed by atoms with E-state index in [0.29, 0.717) is 11.4 Å². The molecule has 1 heterocycles. The van der Waals surface area contributed by atoms with E-state index in [-0.39, 0.29) is 17.4 Å². The largest absolute Gasteiger partial charge is 0.363 e. The first-order chi connectivity index (χ1) is 8.68. The van der Waals surface area contributed by atoms with E-state index in [2.05, 4.69) is 15.3 Å². The molecule has 0 aliphatic rings. The average molecular weight is 265 g/mol. The maximum Gasteiger partial charge on any atom is 0.274 e. The van der Waals surface area contributed by atoms with Crippen LogP contribution in [0.15, 0.2) is 36.7 Å². The van der Waals surface area contributed by atoms with Crippen LogP contribution in [0.4, 0.5) is 11.5 Å². The molecular formula is C11H9ClN4O2. The molecular weight excluding hydrogens is 256 g/mol. The molecule has 0 saturated heterocycles. The maximum absolute atomic E-state index is 10.8. The summed E-state index contributed by atoms with van der Waals surface area (Å²) in [7, 11) is 0. The molecule has 1 N–H and O–H groups in total. The number of nitrogens with zero attached hydrogens (tertiary/aromatic N) is 3. The lowest BCUT2D eigenvalue weighted by Crippen LogP contribution is -2.05. The van der Waals surface area contributed by atoms with Gasteiger partial charge in [-0.15, -0.1) is 0 Å². The van der Waals surface area contributed by atoms with E-state index in [1.165, 1.54) is 18.5 Å². The fourth-order valence-corrected chi connectivity index (χ4v) is 1.63. The molecule has 0 spiro atoms. The predicted molar refractivity (Wildman–Crippen MR) is 67.5 cm³/mol. The number of hydrogen-bond donors (Lipinski definition) is 1. The lowest BCUT2D eigenvalue weighted by molar-refractivity contribution is -0.385. The highest BCUT2D eigenvalue weighted by molar-refractivity contribution is 6.31. The Kier molecular flexibility index (Phi) is 3.69. The summed E-state index contributed by atoms with van der Waals surface area (Å²) in [6.07, 6.45) is 2.96. The van der Waals surface area contributed by atoms with Crippen LogP contribution in [0.5, 0.6) is 0 Å². The van der Waals surface area contributed by atoms with Gasteiger partial charge in [-0.2, -0.15) is 0 Å². The molecule has 2 rings (SSSR count). The number of benzene rings is 1. The Bertz CT molecular complexity index is 576. The third-order valence-electron chi connectivity index (χ3n) is 2.29. The zero-order valence-electron chi connectivity index (χ0n) is 9.21. The Morgan fingerprint density at radius 1 is 1.28 bits per heavy atom. The first-order valence-electron chi connectivity index (χ1n) is 5.11. The Labute approximate surface area is 108 Å². The number of aromatic nitrogens is 2. The average Bonchev–Trinajstić information content (AvgIpc) is 2.38. The minimum absolute atomic E-state index is 0.0602. The number of rotatable bonds is 4. The molecule has 0 amide bonds. The predicted octanol–water partition coefficient (Wildman–Crippen LogP) is 2.65. The minimum atomic E-state index is -0.421. The van der Waals surface area contributed by atoms with Gasteiger partial charge in [0, 0.05) is 30.6 Å². The highest BCUT2D eigenvalue weighted by Gasteiger charge is 2.12. The van der Waals surface area contributed by atoms with Crippen LogP contribution in [-0.4, -0.2) is 14.9 Å². The molecule has 0 aliphatic heterocycles. The molecule has 1 aromatic heterocycles. The van der Waals surface area contributed by atoms with Crippen LogP contribution in [0.1, 0.15) is 5.56 Å². The van der Waals surface area contributed by atoms with Crippen molar-refractivity contribution in [2.24, 2.45) is 0 Å². The zero-order chi connectivity index (χ0) is 13.0. The Morgan fingerprint density at radius 3 is 2.72 bits per heavy atom. The summed E-state index contributed by atoms with van der Waals surface area (Å²) in [5.41, 5.74) is 0.620. The van der Waals surface area contributed by atoms with E-state index in [4.69, 9.17) is 11.6 Å². The van der Waals surface area contributed by atoms with Crippen LogP contribution >= 0.6 is 11.6 Å². The summed E-state index contributed by atoms with van der Waals surface area (Å²) in [4.78, 5) is 18.3. The normalized spacial score (nSPS) is 10.1. The van der Waals surface area contributed by atoms with Crippen molar-refractivity contribution in [1.82, 2.24) is 9.97 Å². The number of nitrogens with one attached hydrogen (secondary N) is 1. The number of para-hydroxylation sites is 1. The van der Waals surface area contributed by atoms with Crippen LogP contribution in [0.25, 0.3) is 0 Å². The third-order valence-corrected chi connectivity index (χ3v) is 2.56. The Hall–Kier alpha value is -2.21. The monoisotopic (exact) mass is 264 g/mol. The first kappa shape index (κ1) is 12.3. The van der Waals surface area contributed by atoms with Gasteiger partial charge in [0.2, 0.25) is 0 Å². The maximum atomic E-state index is 10.8. The van der Waals surface area contributed by atoms with Crippen LogP contribution in [0.2, 0.25) is 5.15 Å². The molecule has 0 atom stereocenters. The topological polar surface area (TPSA) is 81.0 Å². The van der Waals surface area contributed by atoms with Gasteiger partial charge in [0.25, 0.3) is 5.69 Å². The SMILES string of the molecule is O=[N+]([O-])c1ccccc1CNc1nccnc1Cl. The quantitative estimate of drug-likeness (QED) is 0.678. The molecule has 0 radical (unpaired) electrons. The van der Waals surface area contributed by atoms with E-state index in [0.717, 1.165) is 0 Å². The number of anilines is 1. The minimum Gasteiger partial charge on any atom is -0.363 e. The smallest absolute Gasteiger partial charge is 0.274 e. The molecule has 1 aromatic carbocycles. The van der Waals surface area contributed by atoms with Crippen molar-refractivity contribution in [3.63, 3.8) is 0 Å². The van der Waals surface area contributed by atoms with E-state index in [9.17, 15) is 10.1 Å². The van der Waals surface area contributed by atoms with Crippen LogP contribution in [0, 0.1) is 10.1 Å².